The van der Waals surface area contributed by atoms with Crippen molar-refractivity contribution in [1.29, 1.82) is 0 Å². The van der Waals surface area contributed by atoms with E-state index < -0.39 is 12.0 Å². The highest BCUT2D eigenvalue weighted by atomic mass is 35.5. The number of carboxylic acids is 1. The van der Waals surface area contributed by atoms with E-state index in [0.717, 1.165) is 17.7 Å². The Hall–Kier alpha value is -1.22. The maximum atomic E-state index is 10.8. The lowest BCUT2D eigenvalue weighted by Gasteiger charge is -2.23. The van der Waals surface area contributed by atoms with Crippen LogP contribution in [0.3, 0.4) is 0 Å². The number of aryl methyl sites for hydroxylation is 1. The molecule has 0 saturated heterocycles. The van der Waals surface area contributed by atoms with Gasteiger partial charge in [-0.3, -0.25) is 0 Å². The Labute approximate surface area is 86.7 Å². The Kier molecular flexibility index (Phi) is 2.33. The van der Waals surface area contributed by atoms with Gasteiger partial charge in [-0.25, -0.2) is 4.79 Å². The second kappa shape index (κ2) is 3.50. The molecule has 2 N–H and O–H groups in total. The third kappa shape index (κ3) is 1.68. The van der Waals surface area contributed by atoms with E-state index in [1.165, 1.54) is 0 Å². The van der Waals surface area contributed by atoms with Gasteiger partial charge in [0.05, 0.1) is 0 Å². The van der Waals surface area contributed by atoms with Crippen LogP contribution in [0.4, 0.5) is 5.69 Å². The van der Waals surface area contributed by atoms with Crippen molar-refractivity contribution in [3.8, 4) is 0 Å². The van der Waals surface area contributed by atoms with Gasteiger partial charge in [-0.1, -0.05) is 17.7 Å². The number of nitrogens with one attached hydrogen (secondary N) is 1. The van der Waals surface area contributed by atoms with E-state index in [-0.39, 0.29) is 0 Å². The smallest absolute Gasteiger partial charge is 0.326 e. The third-order valence-electron chi connectivity index (χ3n) is 2.40. The monoisotopic (exact) mass is 211 g/mol. The summed E-state index contributed by atoms with van der Waals surface area (Å²) in [6, 6.07) is 5.04. The lowest BCUT2D eigenvalue weighted by molar-refractivity contribution is -0.138. The van der Waals surface area contributed by atoms with Crippen molar-refractivity contribution in [2.24, 2.45) is 0 Å². The van der Waals surface area contributed by atoms with Gasteiger partial charge in [0, 0.05) is 10.7 Å². The van der Waals surface area contributed by atoms with Crippen LogP contribution in [-0.2, 0) is 11.2 Å². The van der Waals surface area contributed by atoms with Crippen molar-refractivity contribution in [3.63, 3.8) is 0 Å². The number of fused-ring (bicyclic) bond motifs is 1. The molecular weight excluding hydrogens is 202 g/mol. The molecule has 1 atom stereocenters. The lowest BCUT2D eigenvalue weighted by atomic mass is 9.98. The normalized spacial score (nSPS) is 19.6. The standard InChI is InChI=1S/C10H10ClNO2/c11-7-3-1-6-2-4-8(10(13)14)12-9(6)5-7/h1,3,5,8,12H,2,4H2,(H,13,14). The minimum absolute atomic E-state index is 0.485. The second-order valence-electron chi connectivity index (χ2n) is 3.38. The van der Waals surface area contributed by atoms with Crippen molar-refractivity contribution in [1.82, 2.24) is 0 Å². The fourth-order valence-corrected chi connectivity index (χ4v) is 1.82. The highest BCUT2D eigenvalue weighted by Crippen LogP contribution is 2.27. The van der Waals surface area contributed by atoms with E-state index in [4.69, 9.17) is 16.7 Å². The summed E-state index contributed by atoms with van der Waals surface area (Å²) in [4.78, 5) is 10.8. The Balaban J connectivity index is 2.29. The summed E-state index contributed by atoms with van der Waals surface area (Å²) in [5.74, 6) is -0.810. The molecule has 1 aromatic carbocycles. The molecule has 74 valence electrons. The van der Waals surface area contributed by atoms with Gasteiger partial charge in [0.2, 0.25) is 0 Å². The number of halogens is 1. The summed E-state index contributed by atoms with van der Waals surface area (Å²) in [5, 5.41) is 12.4. The van der Waals surface area contributed by atoms with Crippen LogP contribution in [0, 0.1) is 0 Å². The summed E-state index contributed by atoms with van der Waals surface area (Å²) in [7, 11) is 0. The molecule has 1 aliphatic rings. The molecule has 0 radical (unpaired) electrons. The second-order valence-corrected chi connectivity index (χ2v) is 3.81. The van der Waals surface area contributed by atoms with Crippen molar-refractivity contribution in [2.45, 2.75) is 18.9 Å². The molecule has 0 bridgehead atoms. The molecule has 0 aromatic heterocycles. The molecule has 0 saturated carbocycles. The number of hydrogen-bond donors (Lipinski definition) is 2. The summed E-state index contributed by atoms with van der Waals surface area (Å²) in [6.45, 7) is 0. The summed E-state index contributed by atoms with van der Waals surface area (Å²) in [6.07, 6.45) is 1.42. The average molecular weight is 212 g/mol. The SMILES string of the molecule is O=C(O)C1CCc2ccc(Cl)cc2N1. The maximum Gasteiger partial charge on any atom is 0.326 e. The van der Waals surface area contributed by atoms with Crippen molar-refractivity contribution in [3.05, 3.63) is 28.8 Å². The number of hydrogen-bond acceptors (Lipinski definition) is 2. The lowest BCUT2D eigenvalue weighted by Crippen LogP contribution is -2.33. The summed E-state index contributed by atoms with van der Waals surface area (Å²) >= 11 is 5.82. The van der Waals surface area contributed by atoms with Crippen molar-refractivity contribution < 1.29 is 9.90 Å². The van der Waals surface area contributed by atoms with Gasteiger partial charge < -0.3 is 10.4 Å². The average Bonchev–Trinajstić information content (AvgIpc) is 2.16. The first kappa shape index (κ1) is 9.34. The predicted molar refractivity (Wildman–Crippen MR) is 54.8 cm³/mol. The summed E-state index contributed by atoms with van der Waals surface area (Å²) < 4.78 is 0. The molecular formula is C10H10ClNO2. The molecule has 2 rings (SSSR count). The van der Waals surface area contributed by atoms with Gasteiger partial charge in [-0.2, -0.15) is 0 Å². The van der Waals surface area contributed by atoms with E-state index in [1.807, 2.05) is 12.1 Å². The zero-order chi connectivity index (χ0) is 10.1. The topological polar surface area (TPSA) is 49.3 Å². The van der Waals surface area contributed by atoms with Crippen molar-refractivity contribution in [2.75, 3.05) is 5.32 Å². The number of carboxylic acid groups (broad SMARTS) is 1. The molecule has 14 heavy (non-hydrogen) atoms. The van der Waals surface area contributed by atoms with Gasteiger partial charge in [0.15, 0.2) is 0 Å². The number of carbonyl (C=O) groups is 1. The van der Waals surface area contributed by atoms with E-state index >= 15 is 0 Å². The molecule has 0 fully saturated rings. The number of rotatable bonds is 1. The predicted octanol–water partition coefficient (Wildman–Crippen LogP) is 2.15. The molecule has 0 spiro atoms. The highest BCUT2D eigenvalue weighted by molar-refractivity contribution is 6.30. The van der Waals surface area contributed by atoms with Crippen LogP contribution >= 0.6 is 11.6 Å². The fraction of sp³-hybridized carbons (Fsp3) is 0.300. The number of anilines is 1. The van der Waals surface area contributed by atoms with Crippen LogP contribution in [0.25, 0.3) is 0 Å². The quantitative estimate of drug-likeness (QED) is 0.749. The highest BCUT2D eigenvalue weighted by Gasteiger charge is 2.22. The van der Waals surface area contributed by atoms with Gasteiger partial charge in [0.25, 0.3) is 0 Å². The zero-order valence-corrected chi connectivity index (χ0v) is 8.21. The minimum atomic E-state index is -0.810. The minimum Gasteiger partial charge on any atom is -0.480 e. The molecule has 0 amide bonds. The van der Waals surface area contributed by atoms with E-state index in [1.54, 1.807) is 6.07 Å². The molecule has 1 heterocycles. The Morgan fingerprint density at radius 2 is 2.36 bits per heavy atom. The maximum absolute atomic E-state index is 10.8. The molecule has 1 aromatic rings. The van der Waals surface area contributed by atoms with E-state index in [9.17, 15) is 4.79 Å². The first-order valence-corrected chi connectivity index (χ1v) is 4.82. The Bertz CT molecular complexity index is 378. The van der Waals surface area contributed by atoms with Gasteiger partial charge in [0.1, 0.15) is 6.04 Å². The van der Waals surface area contributed by atoms with Crippen LogP contribution in [-0.4, -0.2) is 17.1 Å². The van der Waals surface area contributed by atoms with Crippen molar-refractivity contribution >= 4 is 23.3 Å². The van der Waals surface area contributed by atoms with E-state index in [2.05, 4.69) is 5.32 Å². The zero-order valence-electron chi connectivity index (χ0n) is 7.46. The Morgan fingerprint density at radius 3 is 3.07 bits per heavy atom. The van der Waals surface area contributed by atoms with Gasteiger partial charge in [-0.15, -0.1) is 0 Å². The van der Waals surface area contributed by atoms with Gasteiger partial charge >= 0.3 is 5.97 Å². The first-order chi connectivity index (χ1) is 6.66. The fourth-order valence-electron chi connectivity index (χ4n) is 1.65. The third-order valence-corrected chi connectivity index (χ3v) is 2.64. The van der Waals surface area contributed by atoms with Gasteiger partial charge in [-0.05, 0) is 30.5 Å². The molecule has 4 heteroatoms. The number of benzene rings is 1. The molecule has 3 nitrogen and oxygen atoms in total. The van der Waals surface area contributed by atoms with Crippen LogP contribution in [0.1, 0.15) is 12.0 Å². The van der Waals surface area contributed by atoms with Crippen LogP contribution < -0.4 is 5.32 Å². The molecule has 1 aliphatic heterocycles. The Morgan fingerprint density at radius 1 is 1.57 bits per heavy atom. The first-order valence-electron chi connectivity index (χ1n) is 4.44. The largest absolute Gasteiger partial charge is 0.480 e. The van der Waals surface area contributed by atoms with Crippen LogP contribution in [0.2, 0.25) is 5.02 Å². The molecule has 0 aliphatic carbocycles. The van der Waals surface area contributed by atoms with Crippen LogP contribution in [0.15, 0.2) is 18.2 Å². The number of aliphatic carboxylic acids is 1. The summed E-state index contributed by atoms with van der Waals surface area (Å²) in [5.41, 5.74) is 1.98. The van der Waals surface area contributed by atoms with Crippen LogP contribution in [0.5, 0.6) is 0 Å². The van der Waals surface area contributed by atoms with E-state index in [0.29, 0.717) is 11.4 Å². The molecule has 1 unspecified atom stereocenters.